The van der Waals surface area contributed by atoms with Gasteiger partial charge >= 0.3 is 0 Å². The number of hydrogen-bond acceptors (Lipinski definition) is 3. The lowest BCUT2D eigenvalue weighted by atomic mass is 9.73. The van der Waals surface area contributed by atoms with Crippen molar-refractivity contribution in [1.82, 2.24) is 10.2 Å². The average molecular weight is 268 g/mol. The third kappa shape index (κ3) is 3.11. The summed E-state index contributed by atoms with van der Waals surface area (Å²) in [5.41, 5.74) is -0.326. The van der Waals surface area contributed by atoms with Gasteiger partial charge in [0.15, 0.2) is 0 Å². The average Bonchev–Trinajstić information content (AvgIpc) is 2.42. The number of amides is 1. The van der Waals surface area contributed by atoms with Crippen molar-refractivity contribution >= 4 is 5.91 Å². The minimum atomic E-state index is -0.363. The van der Waals surface area contributed by atoms with Crippen LogP contribution in [0, 0.1) is 17.3 Å². The lowest BCUT2D eigenvalue weighted by Gasteiger charge is -2.42. The van der Waals surface area contributed by atoms with E-state index in [0.29, 0.717) is 18.4 Å². The molecule has 2 fully saturated rings. The summed E-state index contributed by atoms with van der Waals surface area (Å²) in [6.07, 6.45) is 2.82. The Bertz CT molecular complexity index is 324. The molecule has 4 heteroatoms. The highest BCUT2D eigenvalue weighted by molar-refractivity contribution is 5.82. The quantitative estimate of drug-likeness (QED) is 0.792. The van der Waals surface area contributed by atoms with Gasteiger partial charge in [0.1, 0.15) is 0 Å². The van der Waals surface area contributed by atoms with E-state index < -0.39 is 0 Å². The first-order valence-electron chi connectivity index (χ1n) is 7.61. The predicted octanol–water partition coefficient (Wildman–Crippen LogP) is 1.24. The molecule has 2 aliphatic heterocycles. The van der Waals surface area contributed by atoms with Gasteiger partial charge in [0, 0.05) is 18.5 Å². The number of piperidine rings is 2. The second-order valence-corrected chi connectivity index (χ2v) is 6.85. The zero-order chi connectivity index (χ0) is 14.0. The van der Waals surface area contributed by atoms with Crippen LogP contribution >= 0.6 is 0 Å². The van der Waals surface area contributed by atoms with Crippen LogP contribution in [0.2, 0.25) is 0 Å². The first-order chi connectivity index (χ1) is 8.93. The topological polar surface area (TPSA) is 52.6 Å². The molecule has 0 aromatic heterocycles. The first-order valence-corrected chi connectivity index (χ1v) is 7.61. The van der Waals surface area contributed by atoms with Gasteiger partial charge in [-0.15, -0.1) is 0 Å². The monoisotopic (exact) mass is 268 g/mol. The van der Waals surface area contributed by atoms with Gasteiger partial charge < -0.3 is 15.3 Å². The van der Waals surface area contributed by atoms with Crippen LogP contribution in [0.5, 0.6) is 0 Å². The Labute approximate surface area is 116 Å². The molecule has 0 radical (unpaired) electrons. The number of hydrogen-bond donors (Lipinski definition) is 2. The normalized spacial score (nSPS) is 33.3. The van der Waals surface area contributed by atoms with Gasteiger partial charge in [0.25, 0.3) is 0 Å². The fourth-order valence-electron chi connectivity index (χ4n) is 3.28. The van der Waals surface area contributed by atoms with Crippen molar-refractivity contribution in [2.24, 2.45) is 17.3 Å². The molecule has 0 aromatic carbocycles. The smallest absolute Gasteiger partial charge is 0.228 e. The van der Waals surface area contributed by atoms with Gasteiger partial charge in [-0.25, -0.2) is 0 Å². The van der Waals surface area contributed by atoms with Crippen LogP contribution in [0.15, 0.2) is 0 Å². The molecular formula is C15H28N2O2. The predicted molar refractivity (Wildman–Crippen MR) is 75.7 cm³/mol. The molecule has 4 nitrogen and oxygen atoms in total. The summed E-state index contributed by atoms with van der Waals surface area (Å²) < 4.78 is 0. The number of carbonyl (C=O) groups excluding carboxylic acids is 1. The fourth-order valence-corrected chi connectivity index (χ4v) is 3.28. The minimum absolute atomic E-state index is 0.215. The molecule has 0 saturated carbocycles. The molecule has 3 unspecified atom stereocenters. The minimum Gasteiger partial charge on any atom is -0.391 e. The van der Waals surface area contributed by atoms with E-state index in [0.717, 1.165) is 38.9 Å². The summed E-state index contributed by atoms with van der Waals surface area (Å²) in [4.78, 5) is 14.6. The summed E-state index contributed by atoms with van der Waals surface area (Å²) >= 11 is 0. The Morgan fingerprint density at radius 3 is 2.68 bits per heavy atom. The van der Waals surface area contributed by atoms with Gasteiger partial charge in [0.05, 0.1) is 6.10 Å². The van der Waals surface area contributed by atoms with Crippen molar-refractivity contribution in [1.29, 1.82) is 0 Å². The van der Waals surface area contributed by atoms with E-state index >= 15 is 0 Å². The van der Waals surface area contributed by atoms with Crippen molar-refractivity contribution in [3.8, 4) is 0 Å². The number of likely N-dealkylation sites (tertiary alicyclic amines) is 1. The largest absolute Gasteiger partial charge is 0.391 e. The molecule has 2 N–H and O–H groups in total. The molecule has 0 aromatic rings. The maximum absolute atomic E-state index is 12.8. The van der Waals surface area contributed by atoms with Crippen molar-refractivity contribution in [2.75, 3.05) is 26.2 Å². The SMILES string of the molecule is CC1CCN(C(=O)C(C)(C)C2CCCNC2)CC1O. The Hall–Kier alpha value is -0.610. The van der Waals surface area contributed by atoms with E-state index in [9.17, 15) is 9.90 Å². The van der Waals surface area contributed by atoms with E-state index in [1.54, 1.807) is 0 Å². The lowest BCUT2D eigenvalue weighted by molar-refractivity contribution is -0.148. The van der Waals surface area contributed by atoms with E-state index in [1.165, 1.54) is 0 Å². The van der Waals surface area contributed by atoms with Crippen LogP contribution in [0.3, 0.4) is 0 Å². The molecule has 2 rings (SSSR count). The Morgan fingerprint density at radius 2 is 2.11 bits per heavy atom. The molecule has 0 bridgehead atoms. The van der Waals surface area contributed by atoms with Crippen LogP contribution in [-0.4, -0.2) is 48.2 Å². The Balaban J connectivity index is 2.01. The standard InChI is InChI=1S/C15H28N2O2/c1-11-6-8-17(10-13(11)18)14(19)15(2,3)12-5-4-7-16-9-12/h11-13,16,18H,4-10H2,1-3H3. The van der Waals surface area contributed by atoms with Crippen molar-refractivity contribution < 1.29 is 9.90 Å². The Kier molecular flexibility index (Phi) is 4.51. The molecular weight excluding hydrogens is 240 g/mol. The van der Waals surface area contributed by atoms with E-state index in [2.05, 4.69) is 26.1 Å². The number of β-amino-alcohol motifs (C(OH)–C–C–N with tert-alkyl or cyclic N) is 1. The van der Waals surface area contributed by atoms with Gasteiger partial charge in [-0.3, -0.25) is 4.79 Å². The number of nitrogens with one attached hydrogen (secondary N) is 1. The third-order valence-electron chi connectivity index (χ3n) is 5.07. The van der Waals surface area contributed by atoms with Crippen LogP contribution < -0.4 is 5.32 Å². The molecule has 0 spiro atoms. The summed E-state index contributed by atoms with van der Waals surface area (Å²) in [7, 11) is 0. The molecule has 2 aliphatic rings. The molecule has 110 valence electrons. The van der Waals surface area contributed by atoms with Gasteiger partial charge in [-0.05, 0) is 44.2 Å². The number of rotatable bonds is 2. The summed E-state index contributed by atoms with van der Waals surface area (Å²) in [5.74, 6) is 0.931. The molecule has 19 heavy (non-hydrogen) atoms. The van der Waals surface area contributed by atoms with Crippen molar-refractivity contribution in [3.05, 3.63) is 0 Å². The molecule has 2 saturated heterocycles. The third-order valence-corrected chi connectivity index (χ3v) is 5.07. The van der Waals surface area contributed by atoms with Crippen LogP contribution in [0.1, 0.15) is 40.0 Å². The maximum Gasteiger partial charge on any atom is 0.228 e. The maximum atomic E-state index is 12.8. The highest BCUT2D eigenvalue weighted by atomic mass is 16.3. The second-order valence-electron chi connectivity index (χ2n) is 6.85. The molecule has 2 heterocycles. The summed E-state index contributed by atoms with van der Waals surface area (Å²) in [5, 5.41) is 13.4. The van der Waals surface area contributed by atoms with Crippen LogP contribution in [0.4, 0.5) is 0 Å². The molecule has 0 aliphatic carbocycles. The zero-order valence-electron chi connectivity index (χ0n) is 12.5. The van der Waals surface area contributed by atoms with Crippen molar-refractivity contribution in [3.63, 3.8) is 0 Å². The molecule has 3 atom stereocenters. The number of carbonyl (C=O) groups is 1. The first kappa shape index (κ1) is 14.8. The molecule has 1 amide bonds. The number of aliphatic hydroxyl groups is 1. The van der Waals surface area contributed by atoms with Gasteiger partial charge in [-0.2, -0.15) is 0 Å². The van der Waals surface area contributed by atoms with E-state index in [-0.39, 0.29) is 17.4 Å². The van der Waals surface area contributed by atoms with Crippen molar-refractivity contribution in [2.45, 2.75) is 46.1 Å². The number of nitrogens with zero attached hydrogens (tertiary/aromatic N) is 1. The van der Waals surface area contributed by atoms with Crippen LogP contribution in [0.25, 0.3) is 0 Å². The fraction of sp³-hybridized carbons (Fsp3) is 0.933. The highest BCUT2D eigenvalue weighted by Gasteiger charge is 2.41. The summed E-state index contributed by atoms with van der Waals surface area (Å²) in [6, 6.07) is 0. The van der Waals surface area contributed by atoms with Gasteiger partial charge in [-0.1, -0.05) is 20.8 Å². The van der Waals surface area contributed by atoms with Gasteiger partial charge in [0.2, 0.25) is 5.91 Å². The van der Waals surface area contributed by atoms with Crippen LogP contribution in [-0.2, 0) is 4.79 Å². The summed E-state index contributed by atoms with van der Waals surface area (Å²) in [6.45, 7) is 9.49. The van der Waals surface area contributed by atoms with E-state index in [1.807, 2.05) is 4.90 Å². The second kappa shape index (κ2) is 5.80. The zero-order valence-corrected chi connectivity index (χ0v) is 12.5. The highest BCUT2D eigenvalue weighted by Crippen LogP contribution is 2.34. The number of aliphatic hydroxyl groups excluding tert-OH is 1. The Morgan fingerprint density at radius 1 is 1.37 bits per heavy atom. The van der Waals surface area contributed by atoms with E-state index in [4.69, 9.17) is 0 Å². The lowest BCUT2D eigenvalue weighted by Crippen LogP contribution is -2.53.